The highest BCUT2D eigenvalue weighted by Gasteiger charge is 2.20. The van der Waals surface area contributed by atoms with Crippen LogP contribution in [0.1, 0.15) is 12.0 Å². The zero-order valence-electron chi connectivity index (χ0n) is 9.08. The Balaban J connectivity index is 2.15. The smallest absolute Gasteiger partial charge is 0.178 e. The van der Waals surface area contributed by atoms with Gasteiger partial charge in [0.25, 0.3) is 0 Å². The van der Waals surface area contributed by atoms with Gasteiger partial charge in [-0.25, -0.2) is 0 Å². The summed E-state index contributed by atoms with van der Waals surface area (Å²) in [5.41, 5.74) is 10.4. The highest BCUT2D eigenvalue weighted by atomic mass is 16.5. The zero-order chi connectivity index (χ0) is 11.7. The van der Waals surface area contributed by atoms with Gasteiger partial charge in [0.15, 0.2) is 6.23 Å². The Morgan fingerprint density at radius 3 is 3.24 bits per heavy atom. The van der Waals surface area contributed by atoms with Crippen molar-refractivity contribution in [3.63, 3.8) is 0 Å². The van der Waals surface area contributed by atoms with Gasteiger partial charge in [-0.05, 0) is 35.1 Å². The second-order valence-corrected chi connectivity index (χ2v) is 3.95. The summed E-state index contributed by atoms with van der Waals surface area (Å²) in [6.45, 7) is 0. The first-order valence-corrected chi connectivity index (χ1v) is 5.46. The fourth-order valence-electron chi connectivity index (χ4n) is 2.10. The van der Waals surface area contributed by atoms with Crippen LogP contribution in [0.2, 0.25) is 0 Å². The quantitative estimate of drug-likeness (QED) is 0.425. The standard InChI is InChI=1S/C12H10N4O/c13-16-15-10-6-5-9-4-3-8-2-1-7-14-11(8)12(9)17-10/h1-4,7,10H,5-6H2. The first-order chi connectivity index (χ1) is 8.38. The maximum atomic E-state index is 8.44. The molecule has 1 atom stereocenters. The number of fused-ring (bicyclic) bond motifs is 3. The van der Waals surface area contributed by atoms with Crippen molar-refractivity contribution in [2.75, 3.05) is 0 Å². The third-order valence-corrected chi connectivity index (χ3v) is 2.90. The molecule has 1 unspecified atom stereocenters. The molecule has 0 fully saturated rings. The maximum Gasteiger partial charge on any atom is 0.178 e. The normalized spacial score (nSPS) is 18.0. The number of azide groups is 1. The van der Waals surface area contributed by atoms with Crippen molar-refractivity contribution in [1.82, 2.24) is 4.98 Å². The minimum absolute atomic E-state index is 0.417. The minimum Gasteiger partial charge on any atom is -0.482 e. The molecule has 5 heteroatoms. The third-order valence-electron chi connectivity index (χ3n) is 2.90. The highest BCUT2D eigenvalue weighted by Crippen LogP contribution is 2.34. The van der Waals surface area contributed by atoms with Gasteiger partial charge in [0, 0.05) is 16.5 Å². The summed E-state index contributed by atoms with van der Waals surface area (Å²) in [7, 11) is 0. The van der Waals surface area contributed by atoms with Crippen molar-refractivity contribution in [3.05, 3.63) is 46.5 Å². The molecule has 0 N–H and O–H groups in total. The number of benzene rings is 1. The van der Waals surface area contributed by atoms with Crippen molar-refractivity contribution in [2.24, 2.45) is 5.11 Å². The van der Waals surface area contributed by atoms with Crippen molar-refractivity contribution < 1.29 is 4.74 Å². The maximum absolute atomic E-state index is 8.44. The van der Waals surface area contributed by atoms with Crippen molar-refractivity contribution >= 4 is 10.9 Å². The Morgan fingerprint density at radius 2 is 2.35 bits per heavy atom. The largest absolute Gasteiger partial charge is 0.482 e. The molecule has 0 saturated heterocycles. The van der Waals surface area contributed by atoms with E-state index in [4.69, 9.17) is 10.3 Å². The summed E-state index contributed by atoms with van der Waals surface area (Å²) in [6.07, 6.45) is 2.89. The molecule has 1 aromatic carbocycles. The lowest BCUT2D eigenvalue weighted by Crippen LogP contribution is -2.20. The molecular weight excluding hydrogens is 216 g/mol. The first kappa shape index (κ1) is 9.93. The second kappa shape index (κ2) is 3.96. The van der Waals surface area contributed by atoms with Crippen molar-refractivity contribution in [2.45, 2.75) is 19.1 Å². The van der Waals surface area contributed by atoms with Crippen LogP contribution < -0.4 is 4.74 Å². The molecule has 84 valence electrons. The average molecular weight is 226 g/mol. The summed E-state index contributed by atoms with van der Waals surface area (Å²) >= 11 is 0. The van der Waals surface area contributed by atoms with E-state index >= 15 is 0 Å². The Bertz CT molecular complexity index is 619. The molecular formula is C12H10N4O. The van der Waals surface area contributed by atoms with E-state index in [1.807, 2.05) is 24.3 Å². The van der Waals surface area contributed by atoms with Crippen LogP contribution in [0.25, 0.3) is 21.3 Å². The lowest BCUT2D eigenvalue weighted by atomic mass is 10.0. The molecule has 0 spiro atoms. The summed E-state index contributed by atoms with van der Waals surface area (Å²) in [5.74, 6) is 0.756. The Morgan fingerprint density at radius 1 is 1.41 bits per heavy atom. The molecule has 0 aliphatic carbocycles. The van der Waals surface area contributed by atoms with Gasteiger partial charge in [-0.3, -0.25) is 4.98 Å². The molecule has 17 heavy (non-hydrogen) atoms. The lowest BCUT2D eigenvalue weighted by Gasteiger charge is -2.23. The Labute approximate surface area is 97.7 Å². The van der Waals surface area contributed by atoms with Crippen LogP contribution in [-0.2, 0) is 6.42 Å². The van der Waals surface area contributed by atoms with E-state index in [0.717, 1.165) is 35.1 Å². The third kappa shape index (κ3) is 1.66. The van der Waals surface area contributed by atoms with E-state index in [2.05, 4.69) is 15.0 Å². The molecule has 1 aliphatic rings. The number of rotatable bonds is 1. The van der Waals surface area contributed by atoms with E-state index in [0.29, 0.717) is 0 Å². The highest BCUT2D eigenvalue weighted by molar-refractivity contribution is 5.85. The van der Waals surface area contributed by atoms with Crippen LogP contribution in [0.3, 0.4) is 0 Å². The number of nitrogens with zero attached hydrogens (tertiary/aromatic N) is 4. The number of pyridine rings is 1. The van der Waals surface area contributed by atoms with E-state index in [-0.39, 0.29) is 0 Å². The summed E-state index contributed by atoms with van der Waals surface area (Å²) in [6, 6.07) is 7.97. The van der Waals surface area contributed by atoms with E-state index in [9.17, 15) is 0 Å². The van der Waals surface area contributed by atoms with E-state index in [1.165, 1.54) is 0 Å². The molecule has 2 aromatic rings. The Hall–Kier alpha value is -2.26. The average Bonchev–Trinajstić information content (AvgIpc) is 2.39. The summed E-state index contributed by atoms with van der Waals surface area (Å²) < 4.78 is 5.70. The van der Waals surface area contributed by atoms with Gasteiger partial charge in [-0.2, -0.15) is 0 Å². The summed E-state index contributed by atoms with van der Waals surface area (Å²) in [5, 5.41) is 4.65. The van der Waals surface area contributed by atoms with Gasteiger partial charge in [-0.15, -0.1) is 0 Å². The van der Waals surface area contributed by atoms with Crippen LogP contribution in [0.15, 0.2) is 35.6 Å². The van der Waals surface area contributed by atoms with Crippen molar-refractivity contribution in [1.29, 1.82) is 0 Å². The van der Waals surface area contributed by atoms with Gasteiger partial charge in [0.1, 0.15) is 11.3 Å². The number of hydrogen-bond acceptors (Lipinski definition) is 3. The molecule has 1 aromatic heterocycles. The molecule has 1 aliphatic heterocycles. The molecule has 0 saturated carbocycles. The fourth-order valence-corrected chi connectivity index (χ4v) is 2.10. The fraction of sp³-hybridized carbons (Fsp3) is 0.250. The predicted octanol–water partition coefficient (Wildman–Crippen LogP) is 3.20. The van der Waals surface area contributed by atoms with Gasteiger partial charge in [0.05, 0.1) is 0 Å². The van der Waals surface area contributed by atoms with Crippen LogP contribution in [0.4, 0.5) is 0 Å². The second-order valence-electron chi connectivity index (χ2n) is 3.95. The number of hydrogen-bond donors (Lipinski definition) is 0. The molecule has 0 amide bonds. The number of aryl methyl sites for hydroxylation is 1. The zero-order valence-corrected chi connectivity index (χ0v) is 9.08. The predicted molar refractivity (Wildman–Crippen MR) is 63.6 cm³/mol. The Kier molecular flexibility index (Phi) is 2.31. The molecule has 5 nitrogen and oxygen atoms in total. The first-order valence-electron chi connectivity index (χ1n) is 5.46. The molecule has 0 bridgehead atoms. The van der Waals surface area contributed by atoms with Gasteiger partial charge >= 0.3 is 0 Å². The number of ether oxygens (including phenoxy) is 1. The van der Waals surface area contributed by atoms with Gasteiger partial charge < -0.3 is 4.74 Å². The lowest BCUT2D eigenvalue weighted by molar-refractivity contribution is 0.183. The minimum atomic E-state index is -0.417. The SMILES string of the molecule is [N-]=[N+]=NC1CCc2ccc3cccnc3c2O1. The van der Waals surface area contributed by atoms with E-state index < -0.39 is 6.23 Å². The molecule has 2 heterocycles. The molecule has 3 rings (SSSR count). The van der Waals surface area contributed by atoms with E-state index in [1.54, 1.807) is 6.20 Å². The van der Waals surface area contributed by atoms with Gasteiger partial charge in [-0.1, -0.05) is 18.2 Å². The monoisotopic (exact) mass is 226 g/mol. The van der Waals surface area contributed by atoms with Crippen LogP contribution in [0, 0.1) is 0 Å². The molecule has 0 radical (unpaired) electrons. The van der Waals surface area contributed by atoms with Crippen LogP contribution in [-0.4, -0.2) is 11.2 Å². The topological polar surface area (TPSA) is 70.9 Å². The number of aromatic nitrogens is 1. The van der Waals surface area contributed by atoms with Gasteiger partial charge in [0.2, 0.25) is 0 Å². The van der Waals surface area contributed by atoms with Crippen LogP contribution in [0.5, 0.6) is 5.75 Å². The summed E-state index contributed by atoms with van der Waals surface area (Å²) in [4.78, 5) is 7.12. The van der Waals surface area contributed by atoms with Crippen molar-refractivity contribution in [3.8, 4) is 5.75 Å². The van der Waals surface area contributed by atoms with Crippen LogP contribution >= 0.6 is 0 Å².